The van der Waals surface area contributed by atoms with Crippen molar-refractivity contribution in [1.82, 2.24) is 0 Å². The Hall–Kier alpha value is -1.42. The average molecular weight is 250 g/mol. The summed E-state index contributed by atoms with van der Waals surface area (Å²) in [6.45, 7) is 4.80. The van der Waals surface area contributed by atoms with Gasteiger partial charge in [0, 0.05) is 24.3 Å². The summed E-state index contributed by atoms with van der Waals surface area (Å²) < 4.78 is 5.70. The number of aliphatic hydroxyl groups is 1. The zero-order chi connectivity index (χ0) is 13.1. The Morgan fingerprint density at radius 1 is 1.44 bits per heavy atom. The van der Waals surface area contributed by atoms with Crippen LogP contribution >= 0.6 is 0 Å². The van der Waals surface area contributed by atoms with E-state index in [1.54, 1.807) is 0 Å². The summed E-state index contributed by atoms with van der Waals surface area (Å²) in [7, 11) is 0. The molecule has 0 amide bonds. The lowest BCUT2D eigenvalue weighted by Crippen LogP contribution is -2.28. The quantitative estimate of drug-likeness (QED) is 0.758. The van der Waals surface area contributed by atoms with Gasteiger partial charge in [0.1, 0.15) is 5.75 Å². The number of ether oxygens (including phenoxy) is 1. The summed E-state index contributed by atoms with van der Waals surface area (Å²) in [5.74, 6) is 0.728. The molecule has 1 aromatic carbocycles. The van der Waals surface area contributed by atoms with E-state index in [4.69, 9.17) is 15.6 Å². The minimum absolute atomic E-state index is 0.106. The Kier molecular flexibility index (Phi) is 3.97. The molecule has 0 aromatic heterocycles. The highest BCUT2D eigenvalue weighted by molar-refractivity contribution is 5.63. The van der Waals surface area contributed by atoms with Crippen molar-refractivity contribution in [2.24, 2.45) is 0 Å². The molecule has 100 valence electrons. The van der Waals surface area contributed by atoms with Crippen LogP contribution in [-0.2, 0) is 0 Å². The SMILES string of the molecule is CC(C)Oc1cc(N(CCO)C2CC2)ccc1N. The second-order valence-corrected chi connectivity index (χ2v) is 5.04. The Bertz CT molecular complexity index is 403. The van der Waals surface area contributed by atoms with Crippen molar-refractivity contribution >= 4 is 11.4 Å². The molecular formula is C14H22N2O2. The fourth-order valence-electron chi connectivity index (χ4n) is 2.07. The normalized spacial score (nSPS) is 14.9. The molecule has 0 radical (unpaired) electrons. The first kappa shape index (κ1) is 13.0. The summed E-state index contributed by atoms with van der Waals surface area (Å²) >= 11 is 0. The summed E-state index contributed by atoms with van der Waals surface area (Å²) in [6.07, 6.45) is 2.50. The number of aliphatic hydroxyl groups excluding tert-OH is 1. The van der Waals surface area contributed by atoms with Gasteiger partial charge in [0.25, 0.3) is 0 Å². The van der Waals surface area contributed by atoms with Crippen molar-refractivity contribution in [3.8, 4) is 5.75 Å². The maximum atomic E-state index is 9.15. The van der Waals surface area contributed by atoms with Crippen LogP contribution in [0.2, 0.25) is 0 Å². The van der Waals surface area contributed by atoms with Crippen LogP contribution < -0.4 is 15.4 Å². The lowest BCUT2D eigenvalue weighted by molar-refractivity contribution is 0.244. The van der Waals surface area contributed by atoms with Crippen LogP contribution in [0, 0.1) is 0 Å². The molecule has 0 heterocycles. The molecule has 0 bridgehead atoms. The van der Waals surface area contributed by atoms with Gasteiger partial charge in [-0.3, -0.25) is 0 Å². The zero-order valence-electron chi connectivity index (χ0n) is 11.1. The van der Waals surface area contributed by atoms with Crippen molar-refractivity contribution in [3.63, 3.8) is 0 Å². The van der Waals surface area contributed by atoms with Crippen molar-refractivity contribution in [1.29, 1.82) is 0 Å². The van der Waals surface area contributed by atoms with E-state index in [2.05, 4.69) is 4.90 Å². The minimum atomic E-state index is 0.106. The molecule has 0 saturated heterocycles. The van der Waals surface area contributed by atoms with Crippen molar-refractivity contribution < 1.29 is 9.84 Å². The molecule has 4 nitrogen and oxygen atoms in total. The van der Waals surface area contributed by atoms with Crippen molar-refractivity contribution in [2.75, 3.05) is 23.8 Å². The number of nitrogens with two attached hydrogens (primary N) is 1. The van der Waals surface area contributed by atoms with Crippen molar-refractivity contribution in [2.45, 2.75) is 38.8 Å². The maximum absolute atomic E-state index is 9.15. The number of benzene rings is 1. The second kappa shape index (κ2) is 5.48. The zero-order valence-corrected chi connectivity index (χ0v) is 11.1. The highest BCUT2D eigenvalue weighted by Gasteiger charge is 2.29. The molecule has 0 atom stereocenters. The van der Waals surface area contributed by atoms with Crippen LogP contribution in [0.5, 0.6) is 5.75 Å². The Morgan fingerprint density at radius 3 is 2.72 bits per heavy atom. The maximum Gasteiger partial charge on any atom is 0.144 e. The minimum Gasteiger partial charge on any atom is -0.489 e. The molecule has 1 aromatic rings. The Morgan fingerprint density at radius 2 is 2.17 bits per heavy atom. The van der Waals surface area contributed by atoms with Gasteiger partial charge in [0.15, 0.2) is 0 Å². The summed E-state index contributed by atoms with van der Waals surface area (Å²) in [6, 6.07) is 6.41. The van der Waals surface area contributed by atoms with Gasteiger partial charge in [-0.25, -0.2) is 0 Å². The lowest BCUT2D eigenvalue weighted by Gasteiger charge is -2.25. The van der Waals surface area contributed by atoms with E-state index in [0.29, 0.717) is 18.3 Å². The van der Waals surface area contributed by atoms with Gasteiger partial charge in [-0.1, -0.05) is 0 Å². The van der Waals surface area contributed by atoms with Crippen molar-refractivity contribution in [3.05, 3.63) is 18.2 Å². The molecule has 1 aliphatic carbocycles. The average Bonchev–Trinajstić information content (AvgIpc) is 3.12. The molecule has 4 heteroatoms. The van der Waals surface area contributed by atoms with E-state index in [9.17, 15) is 0 Å². The van der Waals surface area contributed by atoms with E-state index in [0.717, 1.165) is 11.4 Å². The topological polar surface area (TPSA) is 58.7 Å². The van der Waals surface area contributed by atoms with E-state index in [1.165, 1.54) is 12.8 Å². The number of rotatable bonds is 6. The second-order valence-electron chi connectivity index (χ2n) is 5.04. The van der Waals surface area contributed by atoms with Gasteiger partial charge in [-0.05, 0) is 38.8 Å². The molecule has 2 rings (SSSR count). The highest BCUT2D eigenvalue weighted by Crippen LogP contribution is 2.35. The van der Waals surface area contributed by atoms with Gasteiger partial charge in [0.05, 0.1) is 18.4 Å². The van der Waals surface area contributed by atoms with Gasteiger partial charge < -0.3 is 20.5 Å². The summed E-state index contributed by atoms with van der Waals surface area (Å²) in [4.78, 5) is 2.23. The number of nitrogen functional groups attached to an aromatic ring is 1. The number of hydrogen-bond acceptors (Lipinski definition) is 4. The molecule has 0 spiro atoms. The highest BCUT2D eigenvalue weighted by atomic mass is 16.5. The molecule has 1 fully saturated rings. The van der Waals surface area contributed by atoms with Gasteiger partial charge >= 0.3 is 0 Å². The van der Waals surface area contributed by atoms with Crippen LogP contribution in [0.3, 0.4) is 0 Å². The first-order valence-corrected chi connectivity index (χ1v) is 6.55. The molecule has 18 heavy (non-hydrogen) atoms. The van der Waals surface area contributed by atoms with Gasteiger partial charge in [-0.2, -0.15) is 0 Å². The Labute approximate surface area is 108 Å². The summed E-state index contributed by atoms with van der Waals surface area (Å²) in [5.41, 5.74) is 7.65. The lowest BCUT2D eigenvalue weighted by atomic mass is 10.2. The predicted octanol–water partition coefficient (Wildman–Crippen LogP) is 2.02. The third kappa shape index (κ3) is 3.07. The smallest absolute Gasteiger partial charge is 0.144 e. The fourth-order valence-corrected chi connectivity index (χ4v) is 2.07. The van der Waals surface area contributed by atoms with Crippen LogP contribution in [0.25, 0.3) is 0 Å². The van der Waals surface area contributed by atoms with Crippen LogP contribution in [0.4, 0.5) is 11.4 Å². The van der Waals surface area contributed by atoms with E-state index in [-0.39, 0.29) is 12.7 Å². The molecule has 1 aliphatic rings. The summed E-state index contributed by atoms with van der Waals surface area (Å²) in [5, 5.41) is 9.15. The monoisotopic (exact) mass is 250 g/mol. The van der Waals surface area contributed by atoms with E-state index >= 15 is 0 Å². The molecule has 1 saturated carbocycles. The number of anilines is 2. The predicted molar refractivity (Wildman–Crippen MR) is 74.1 cm³/mol. The van der Waals surface area contributed by atoms with Crippen LogP contribution in [0.1, 0.15) is 26.7 Å². The van der Waals surface area contributed by atoms with Gasteiger partial charge in [0.2, 0.25) is 0 Å². The number of nitrogens with zero attached hydrogens (tertiary/aromatic N) is 1. The van der Waals surface area contributed by atoms with E-state index in [1.807, 2.05) is 32.0 Å². The molecular weight excluding hydrogens is 228 g/mol. The molecule has 3 N–H and O–H groups in total. The van der Waals surface area contributed by atoms with Crippen LogP contribution in [-0.4, -0.2) is 30.4 Å². The fraction of sp³-hybridized carbons (Fsp3) is 0.571. The largest absolute Gasteiger partial charge is 0.489 e. The first-order chi connectivity index (χ1) is 8.61. The standard InChI is InChI=1S/C14H22N2O2/c1-10(2)18-14-9-12(5-6-13(14)15)16(7-8-17)11-3-4-11/h5-6,9-11,17H,3-4,7-8,15H2,1-2H3. The van der Waals surface area contributed by atoms with Gasteiger partial charge in [-0.15, -0.1) is 0 Å². The van der Waals surface area contributed by atoms with Crippen LogP contribution in [0.15, 0.2) is 18.2 Å². The third-order valence-corrected chi connectivity index (χ3v) is 3.02. The third-order valence-electron chi connectivity index (χ3n) is 3.02. The first-order valence-electron chi connectivity index (χ1n) is 6.55. The number of hydrogen-bond donors (Lipinski definition) is 2. The Balaban J connectivity index is 2.21. The molecule has 0 aliphatic heterocycles. The molecule has 0 unspecified atom stereocenters. The van der Waals surface area contributed by atoms with E-state index < -0.39 is 0 Å².